The molecule has 1 unspecified atom stereocenters. The maximum Gasteiger partial charge on any atom is 0.256 e. The summed E-state index contributed by atoms with van der Waals surface area (Å²) in [5.74, 6) is -0.628. The number of hydrogen-bond acceptors (Lipinski definition) is 5. The van der Waals surface area contributed by atoms with Gasteiger partial charge in [-0.25, -0.2) is 22.5 Å². The summed E-state index contributed by atoms with van der Waals surface area (Å²) < 4.78 is 39.5. The Hall–Kier alpha value is -3.59. The Labute approximate surface area is 202 Å². The van der Waals surface area contributed by atoms with Crippen LogP contribution in [-0.2, 0) is 9.84 Å². The zero-order valence-electron chi connectivity index (χ0n) is 19.7. The third kappa shape index (κ3) is 4.43. The number of pyridine rings is 1. The highest BCUT2D eigenvalue weighted by Crippen LogP contribution is 2.32. The highest BCUT2D eigenvalue weighted by molar-refractivity contribution is 7.91. The molecule has 0 spiro atoms. The van der Waals surface area contributed by atoms with Crippen molar-refractivity contribution in [1.82, 2.24) is 14.8 Å². The van der Waals surface area contributed by atoms with E-state index in [-0.39, 0.29) is 29.3 Å². The van der Waals surface area contributed by atoms with E-state index in [1.807, 2.05) is 32.0 Å². The SMILES string of the molecule is Cc1ccc(NC(=O)c2cc(-c3ccc(F)cc3)nc3c2c(C)nn3C2CCS(=O)(=O)C2)cc1C. The molecule has 0 aliphatic carbocycles. The Balaban J connectivity index is 1.67. The number of aryl methyl sites for hydroxylation is 3. The van der Waals surface area contributed by atoms with Crippen LogP contribution in [0.4, 0.5) is 10.1 Å². The Morgan fingerprint density at radius 1 is 1.06 bits per heavy atom. The predicted octanol–water partition coefficient (Wildman–Crippen LogP) is 4.77. The molecule has 1 fully saturated rings. The van der Waals surface area contributed by atoms with Crippen molar-refractivity contribution in [2.75, 3.05) is 16.8 Å². The molecule has 1 amide bonds. The lowest BCUT2D eigenvalue weighted by Gasteiger charge is -2.13. The number of fused-ring (bicyclic) bond motifs is 1. The van der Waals surface area contributed by atoms with Gasteiger partial charge in [-0.15, -0.1) is 0 Å². The van der Waals surface area contributed by atoms with E-state index in [9.17, 15) is 17.6 Å². The molecule has 1 aliphatic heterocycles. The van der Waals surface area contributed by atoms with Crippen LogP contribution in [0.1, 0.15) is 39.6 Å². The van der Waals surface area contributed by atoms with Crippen LogP contribution in [0.25, 0.3) is 22.3 Å². The predicted molar refractivity (Wildman–Crippen MR) is 134 cm³/mol. The lowest BCUT2D eigenvalue weighted by molar-refractivity contribution is 0.102. The molecule has 5 rings (SSSR count). The van der Waals surface area contributed by atoms with Crippen LogP contribution in [0.3, 0.4) is 0 Å². The lowest BCUT2D eigenvalue weighted by Crippen LogP contribution is -2.15. The van der Waals surface area contributed by atoms with Crippen LogP contribution in [-0.4, -0.2) is 40.6 Å². The van der Waals surface area contributed by atoms with Gasteiger partial charge in [0.25, 0.3) is 5.91 Å². The van der Waals surface area contributed by atoms with Crippen LogP contribution >= 0.6 is 0 Å². The minimum Gasteiger partial charge on any atom is -0.322 e. The number of rotatable bonds is 4. The van der Waals surface area contributed by atoms with Crippen molar-refractivity contribution in [3.63, 3.8) is 0 Å². The first kappa shape index (κ1) is 23.2. The first-order chi connectivity index (χ1) is 16.6. The molecule has 7 nitrogen and oxygen atoms in total. The van der Waals surface area contributed by atoms with Crippen molar-refractivity contribution in [3.05, 3.63) is 76.7 Å². The fourth-order valence-corrected chi connectivity index (χ4v) is 6.19. The van der Waals surface area contributed by atoms with Crippen LogP contribution in [0.5, 0.6) is 0 Å². The van der Waals surface area contributed by atoms with Gasteiger partial charge < -0.3 is 5.32 Å². The van der Waals surface area contributed by atoms with E-state index in [0.29, 0.717) is 45.7 Å². The number of nitrogens with one attached hydrogen (secondary N) is 1. The smallest absolute Gasteiger partial charge is 0.256 e. The van der Waals surface area contributed by atoms with Crippen molar-refractivity contribution in [1.29, 1.82) is 0 Å². The van der Waals surface area contributed by atoms with Crippen LogP contribution in [0.15, 0.2) is 48.5 Å². The van der Waals surface area contributed by atoms with Crippen molar-refractivity contribution >= 4 is 32.5 Å². The average Bonchev–Trinajstić information content (AvgIpc) is 3.35. The van der Waals surface area contributed by atoms with E-state index in [0.717, 1.165) is 11.1 Å². The molecule has 4 aromatic rings. The van der Waals surface area contributed by atoms with Gasteiger partial charge in [0.1, 0.15) is 5.82 Å². The monoisotopic (exact) mass is 492 g/mol. The number of aromatic nitrogens is 3. The normalized spacial score (nSPS) is 17.1. The van der Waals surface area contributed by atoms with Gasteiger partial charge in [0, 0.05) is 11.3 Å². The first-order valence-corrected chi connectivity index (χ1v) is 13.2. The van der Waals surface area contributed by atoms with Crippen molar-refractivity contribution in [2.24, 2.45) is 0 Å². The third-order valence-corrected chi connectivity index (χ3v) is 8.29. The maximum absolute atomic E-state index is 13.6. The molecule has 1 aliphatic rings. The molecule has 180 valence electrons. The van der Waals surface area contributed by atoms with Gasteiger partial charge in [-0.05, 0) is 80.8 Å². The van der Waals surface area contributed by atoms with Gasteiger partial charge in [-0.2, -0.15) is 5.10 Å². The van der Waals surface area contributed by atoms with Gasteiger partial charge in [0.05, 0.1) is 39.9 Å². The van der Waals surface area contributed by atoms with Crippen LogP contribution in [0, 0.1) is 26.6 Å². The molecule has 1 saturated heterocycles. The second-order valence-electron chi connectivity index (χ2n) is 9.10. The standard InChI is InChI=1S/C26H25FN4O3S/c1-15-4-9-20(12-16(15)2)28-26(32)22-13-23(18-5-7-19(27)8-6-18)29-25-24(22)17(3)30-31(25)21-10-11-35(33,34)14-21/h4-9,12-13,21H,10-11,14H2,1-3H3,(H,28,32). The van der Waals surface area contributed by atoms with E-state index in [2.05, 4.69) is 10.4 Å². The number of sulfone groups is 1. The Bertz CT molecular complexity index is 1580. The Kier molecular flexibility index (Phi) is 5.67. The number of carbonyl (C=O) groups is 1. The quantitative estimate of drug-likeness (QED) is 0.443. The summed E-state index contributed by atoms with van der Waals surface area (Å²) in [4.78, 5) is 18.3. The average molecular weight is 493 g/mol. The summed E-state index contributed by atoms with van der Waals surface area (Å²) in [6.07, 6.45) is 0.436. The number of halogens is 1. The molecule has 0 saturated carbocycles. The van der Waals surface area contributed by atoms with Crippen molar-refractivity contribution in [2.45, 2.75) is 33.2 Å². The molecule has 9 heteroatoms. The lowest BCUT2D eigenvalue weighted by atomic mass is 10.0. The van der Waals surface area contributed by atoms with E-state index < -0.39 is 9.84 Å². The molecule has 3 heterocycles. The number of amides is 1. The summed E-state index contributed by atoms with van der Waals surface area (Å²) in [7, 11) is -3.15. The van der Waals surface area contributed by atoms with Crippen LogP contribution < -0.4 is 5.32 Å². The highest BCUT2D eigenvalue weighted by atomic mass is 32.2. The first-order valence-electron chi connectivity index (χ1n) is 11.4. The second-order valence-corrected chi connectivity index (χ2v) is 11.3. The zero-order chi connectivity index (χ0) is 24.9. The fourth-order valence-electron chi connectivity index (χ4n) is 4.50. The van der Waals surface area contributed by atoms with Gasteiger partial charge in [-0.1, -0.05) is 6.07 Å². The minimum atomic E-state index is -3.15. The number of anilines is 1. The molecule has 1 atom stereocenters. The summed E-state index contributed by atoms with van der Waals surface area (Å²) >= 11 is 0. The van der Waals surface area contributed by atoms with Crippen molar-refractivity contribution in [3.8, 4) is 11.3 Å². The number of benzene rings is 2. The summed E-state index contributed by atoms with van der Waals surface area (Å²) in [6, 6.07) is 12.9. The van der Waals surface area contributed by atoms with Gasteiger partial charge >= 0.3 is 0 Å². The van der Waals surface area contributed by atoms with Gasteiger partial charge in [-0.3, -0.25) is 4.79 Å². The van der Waals surface area contributed by atoms with Gasteiger partial charge in [0.15, 0.2) is 15.5 Å². The molecule has 2 aromatic heterocycles. The molecular formula is C26H25FN4O3S. The Morgan fingerprint density at radius 2 is 1.80 bits per heavy atom. The Morgan fingerprint density at radius 3 is 2.46 bits per heavy atom. The summed E-state index contributed by atoms with van der Waals surface area (Å²) in [5, 5.41) is 8.15. The van der Waals surface area contributed by atoms with E-state index in [1.54, 1.807) is 29.8 Å². The topological polar surface area (TPSA) is 93.9 Å². The third-order valence-electron chi connectivity index (χ3n) is 6.54. The largest absolute Gasteiger partial charge is 0.322 e. The van der Waals surface area contributed by atoms with Crippen molar-refractivity contribution < 1.29 is 17.6 Å². The number of carbonyl (C=O) groups excluding carboxylic acids is 1. The maximum atomic E-state index is 13.6. The molecular weight excluding hydrogens is 467 g/mol. The molecule has 0 radical (unpaired) electrons. The molecule has 0 bridgehead atoms. The fraction of sp³-hybridized carbons (Fsp3) is 0.269. The molecule has 1 N–H and O–H groups in total. The molecule has 2 aromatic carbocycles. The van der Waals surface area contributed by atoms with Gasteiger partial charge in [0.2, 0.25) is 0 Å². The van der Waals surface area contributed by atoms with Crippen LogP contribution in [0.2, 0.25) is 0 Å². The zero-order valence-corrected chi connectivity index (χ0v) is 20.5. The summed E-state index contributed by atoms with van der Waals surface area (Å²) in [5.41, 5.74) is 5.36. The van der Waals surface area contributed by atoms with E-state index >= 15 is 0 Å². The van der Waals surface area contributed by atoms with E-state index in [1.165, 1.54) is 12.1 Å². The molecule has 35 heavy (non-hydrogen) atoms. The highest BCUT2D eigenvalue weighted by Gasteiger charge is 2.32. The number of hydrogen-bond donors (Lipinski definition) is 1. The summed E-state index contributed by atoms with van der Waals surface area (Å²) in [6.45, 7) is 5.77. The minimum absolute atomic E-state index is 0.0180. The second kappa shape index (κ2) is 8.57. The number of nitrogens with zero attached hydrogens (tertiary/aromatic N) is 3. The van der Waals surface area contributed by atoms with E-state index in [4.69, 9.17) is 4.98 Å².